The monoisotopic (exact) mass is 235 g/mol. The summed E-state index contributed by atoms with van der Waals surface area (Å²) in [6.45, 7) is 5.53. The van der Waals surface area contributed by atoms with E-state index in [2.05, 4.69) is 11.9 Å². The first-order chi connectivity index (χ1) is 8.19. The highest BCUT2D eigenvalue weighted by molar-refractivity contribution is 5.97. The Kier molecular flexibility index (Phi) is 5.23. The molecule has 4 heteroatoms. The number of carbonyl (C=O) groups excluding carboxylic acids is 1. The van der Waals surface area contributed by atoms with Gasteiger partial charge in [-0.2, -0.15) is 0 Å². The van der Waals surface area contributed by atoms with Crippen molar-refractivity contribution < 1.29 is 14.6 Å². The van der Waals surface area contributed by atoms with Crippen molar-refractivity contribution in [2.24, 2.45) is 0 Å². The summed E-state index contributed by atoms with van der Waals surface area (Å²) in [7, 11) is 0. The van der Waals surface area contributed by atoms with Crippen LogP contribution in [0.25, 0.3) is 0 Å². The molecule has 0 unspecified atom stereocenters. The lowest BCUT2D eigenvalue weighted by atomic mass is 10.2. The normalized spacial score (nSPS) is 11.6. The van der Waals surface area contributed by atoms with Crippen LogP contribution in [0.4, 0.5) is 0 Å². The van der Waals surface area contributed by atoms with Crippen molar-refractivity contribution in [1.82, 2.24) is 5.32 Å². The van der Waals surface area contributed by atoms with Gasteiger partial charge in [0.25, 0.3) is 5.91 Å². The molecule has 2 N–H and O–H groups in total. The zero-order valence-electron chi connectivity index (χ0n) is 9.85. The maximum Gasteiger partial charge on any atom is 0.255 e. The molecule has 0 bridgehead atoms. The van der Waals surface area contributed by atoms with E-state index in [0.29, 0.717) is 17.9 Å². The zero-order chi connectivity index (χ0) is 12.7. The Morgan fingerprint density at radius 1 is 1.59 bits per heavy atom. The number of rotatable bonds is 6. The van der Waals surface area contributed by atoms with Gasteiger partial charge < -0.3 is 15.2 Å². The molecular formula is C13H17NO3. The van der Waals surface area contributed by atoms with Gasteiger partial charge in [-0.1, -0.05) is 24.8 Å². The van der Waals surface area contributed by atoms with Crippen LogP contribution in [0.3, 0.4) is 0 Å². The Bertz CT molecular complexity index is 390. The highest BCUT2D eigenvalue weighted by Crippen LogP contribution is 2.17. The van der Waals surface area contributed by atoms with Gasteiger partial charge in [0.1, 0.15) is 12.4 Å². The van der Waals surface area contributed by atoms with Gasteiger partial charge in [0.2, 0.25) is 0 Å². The average molecular weight is 235 g/mol. The number of aliphatic hydroxyl groups excluding tert-OH is 1. The highest BCUT2D eigenvalue weighted by Gasteiger charge is 2.13. The SMILES string of the molecule is C=CCOc1ccccc1C(=O)N[C@@H](C)CO. The first-order valence-corrected chi connectivity index (χ1v) is 5.43. The van der Waals surface area contributed by atoms with Gasteiger partial charge >= 0.3 is 0 Å². The van der Waals surface area contributed by atoms with Crippen LogP contribution in [0.5, 0.6) is 5.75 Å². The Labute approximate surface area is 101 Å². The van der Waals surface area contributed by atoms with Crippen molar-refractivity contribution in [3.63, 3.8) is 0 Å². The van der Waals surface area contributed by atoms with E-state index in [4.69, 9.17) is 9.84 Å². The summed E-state index contributed by atoms with van der Waals surface area (Å²) in [5.74, 6) is 0.251. The molecule has 1 amide bonds. The fourth-order valence-electron chi connectivity index (χ4n) is 1.28. The van der Waals surface area contributed by atoms with Crippen molar-refractivity contribution in [1.29, 1.82) is 0 Å². The number of ether oxygens (including phenoxy) is 1. The van der Waals surface area contributed by atoms with Gasteiger partial charge in [0.15, 0.2) is 0 Å². The van der Waals surface area contributed by atoms with Gasteiger partial charge in [-0.3, -0.25) is 4.79 Å². The van der Waals surface area contributed by atoms with Crippen molar-refractivity contribution in [2.75, 3.05) is 13.2 Å². The number of para-hydroxylation sites is 1. The van der Waals surface area contributed by atoms with Gasteiger partial charge in [0, 0.05) is 6.04 Å². The molecule has 0 heterocycles. The van der Waals surface area contributed by atoms with E-state index in [1.54, 1.807) is 37.3 Å². The van der Waals surface area contributed by atoms with Crippen LogP contribution in [-0.4, -0.2) is 30.3 Å². The Hall–Kier alpha value is -1.81. The molecular weight excluding hydrogens is 218 g/mol. The molecule has 1 rings (SSSR count). The summed E-state index contributed by atoms with van der Waals surface area (Å²) in [4.78, 5) is 11.9. The number of nitrogens with one attached hydrogen (secondary N) is 1. The third-order valence-corrected chi connectivity index (χ3v) is 2.14. The van der Waals surface area contributed by atoms with E-state index < -0.39 is 0 Å². The summed E-state index contributed by atoms with van der Waals surface area (Å²) in [5, 5.41) is 11.5. The molecule has 92 valence electrons. The van der Waals surface area contributed by atoms with Crippen LogP contribution in [0.2, 0.25) is 0 Å². The first-order valence-electron chi connectivity index (χ1n) is 5.43. The minimum Gasteiger partial charge on any atom is -0.489 e. The minimum absolute atomic E-state index is 0.0958. The third-order valence-electron chi connectivity index (χ3n) is 2.14. The van der Waals surface area contributed by atoms with Crippen LogP contribution in [0, 0.1) is 0 Å². The lowest BCUT2D eigenvalue weighted by Gasteiger charge is -2.13. The van der Waals surface area contributed by atoms with E-state index >= 15 is 0 Å². The maximum absolute atomic E-state index is 11.9. The van der Waals surface area contributed by atoms with Crippen LogP contribution >= 0.6 is 0 Å². The molecule has 0 spiro atoms. The molecule has 1 aromatic carbocycles. The van der Waals surface area contributed by atoms with Crippen molar-refractivity contribution >= 4 is 5.91 Å². The van der Waals surface area contributed by atoms with Gasteiger partial charge in [-0.05, 0) is 19.1 Å². The Balaban J connectivity index is 2.80. The number of hydrogen-bond acceptors (Lipinski definition) is 3. The predicted molar refractivity (Wildman–Crippen MR) is 66.1 cm³/mol. The van der Waals surface area contributed by atoms with Gasteiger partial charge in [-0.25, -0.2) is 0 Å². The van der Waals surface area contributed by atoms with Crippen LogP contribution in [0.1, 0.15) is 17.3 Å². The number of aliphatic hydroxyl groups is 1. The molecule has 0 aliphatic heterocycles. The van der Waals surface area contributed by atoms with Gasteiger partial charge in [0.05, 0.1) is 12.2 Å². The minimum atomic E-state index is -0.282. The Morgan fingerprint density at radius 3 is 2.94 bits per heavy atom. The first kappa shape index (κ1) is 13.3. The molecule has 0 aromatic heterocycles. The highest BCUT2D eigenvalue weighted by atomic mass is 16.5. The van der Waals surface area contributed by atoms with Crippen LogP contribution < -0.4 is 10.1 Å². The van der Waals surface area contributed by atoms with Crippen LogP contribution in [-0.2, 0) is 0 Å². The van der Waals surface area contributed by atoms with E-state index in [-0.39, 0.29) is 18.6 Å². The molecule has 17 heavy (non-hydrogen) atoms. The largest absolute Gasteiger partial charge is 0.489 e. The quantitative estimate of drug-likeness (QED) is 0.732. The summed E-state index contributed by atoms with van der Waals surface area (Å²) in [5.41, 5.74) is 0.453. The van der Waals surface area contributed by atoms with Gasteiger partial charge in [-0.15, -0.1) is 0 Å². The number of carbonyl (C=O) groups is 1. The molecule has 0 aliphatic rings. The van der Waals surface area contributed by atoms with E-state index in [1.165, 1.54) is 0 Å². The molecule has 1 atom stereocenters. The second-order valence-electron chi connectivity index (χ2n) is 3.65. The van der Waals surface area contributed by atoms with Crippen molar-refractivity contribution in [3.8, 4) is 5.75 Å². The standard InChI is InChI=1S/C13H17NO3/c1-3-8-17-12-7-5-4-6-11(12)13(16)14-10(2)9-15/h3-7,10,15H,1,8-9H2,2H3,(H,14,16)/t10-/m0/s1. The van der Waals surface area contributed by atoms with Crippen molar-refractivity contribution in [3.05, 3.63) is 42.5 Å². The molecule has 4 nitrogen and oxygen atoms in total. The summed E-state index contributed by atoms with van der Waals surface area (Å²) in [6.07, 6.45) is 1.62. The van der Waals surface area contributed by atoms with Crippen molar-refractivity contribution in [2.45, 2.75) is 13.0 Å². The molecule has 1 aromatic rings. The summed E-state index contributed by atoms with van der Waals surface area (Å²) in [6, 6.07) is 6.68. The Morgan fingerprint density at radius 2 is 2.29 bits per heavy atom. The number of hydrogen-bond donors (Lipinski definition) is 2. The lowest BCUT2D eigenvalue weighted by molar-refractivity contribution is 0.0918. The topological polar surface area (TPSA) is 58.6 Å². The fourth-order valence-corrected chi connectivity index (χ4v) is 1.28. The fraction of sp³-hybridized carbons (Fsp3) is 0.308. The second kappa shape index (κ2) is 6.70. The molecule has 0 fully saturated rings. The molecule has 0 saturated carbocycles. The summed E-state index contributed by atoms with van der Waals surface area (Å²) < 4.78 is 5.38. The smallest absolute Gasteiger partial charge is 0.255 e. The average Bonchev–Trinajstić information content (AvgIpc) is 2.36. The number of amides is 1. The second-order valence-corrected chi connectivity index (χ2v) is 3.65. The summed E-state index contributed by atoms with van der Waals surface area (Å²) >= 11 is 0. The predicted octanol–water partition coefficient (Wildman–Crippen LogP) is 1.36. The lowest BCUT2D eigenvalue weighted by Crippen LogP contribution is -2.35. The molecule has 0 aliphatic carbocycles. The maximum atomic E-state index is 11.9. The molecule has 0 radical (unpaired) electrons. The van der Waals surface area contributed by atoms with E-state index in [0.717, 1.165) is 0 Å². The molecule has 0 saturated heterocycles. The van der Waals surface area contributed by atoms with E-state index in [1.807, 2.05) is 0 Å². The zero-order valence-corrected chi connectivity index (χ0v) is 9.85. The van der Waals surface area contributed by atoms with E-state index in [9.17, 15) is 4.79 Å². The number of benzene rings is 1. The van der Waals surface area contributed by atoms with Crippen LogP contribution in [0.15, 0.2) is 36.9 Å². The third kappa shape index (κ3) is 3.92.